The van der Waals surface area contributed by atoms with Crippen LogP contribution in [0.1, 0.15) is 31.2 Å². The van der Waals surface area contributed by atoms with Crippen LogP contribution in [0.25, 0.3) is 0 Å². The number of likely N-dealkylation sites (N-methyl/N-ethyl adjacent to an activating group) is 1. The third-order valence-corrected chi connectivity index (χ3v) is 2.87. The highest BCUT2D eigenvalue weighted by Gasteiger charge is 2.23. The zero-order valence-corrected chi connectivity index (χ0v) is 10.2. The maximum atomic E-state index is 9.21. The SMILES string of the molecule is Cc1nc(CN(C)C(C)(C)CO)oc1C. The number of aryl methyl sites for hydroxylation is 2. The minimum absolute atomic E-state index is 0.113. The van der Waals surface area contributed by atoms with Crippen molar-refractivity contribution in [3.63, 3.8) is 0 Å². The average Bonchev–Trinajstić information content (AvgIpc) is 2.46. The predicted molar refractivity (Wildman–Crippen MR) is 58.6 cm³/mol. The zero-order chi connectivity index (χ0) is 11.6. The Morgan fingerprint density at radius 3 is 2.40 bits per heavy atom. The van der Waals surface area contributed by atoms with Gasteiger partial charge in [0.1, 0.15) is 5.76 Å². The van der Waals surface area contributed by atoms with Gasteiger partial charge in [0.25, 0.3) is 0 Å². The van der Waals surface area contributed by atoms with Crippen molar-refractivity contribution in [2.75, 3.05) is 13.7 Å². The standard InChI is InChI=1S/C11H20N2O2/c1-8-9(2)15-10(12-8)6-13(5)11(3,4)7-14/h14H,6-7H2,1-5H3. The number of nitrogens with zero attached hydrogens (tertiary/aromatic N) is 2. The van der Waals surface area contributed by atoms with E-state index in [-0.39, 0.29) is 12.1 Å². The van der Waals surface area contributed by atoms with Crippen LogP contribution in [-0.4, -0.2) is 34.2 Å². The van der Waals surface area contributed by atoms with E-state index in [4.69, 9.17) is 4.42 Å². The molecule has 1 aromatic heterocycles. The van der Waals surface area contributed by atoms with Gasteiger partial charge in [-0.05, 0) is 34.7 Å². The molecule has 86 valence electrons. The first-order chi connectivity index (χ1) is 6.86. The van der Waals surface area contributed by atoms with Gasteiger partial charge in [0.15, 0.2) is 0 Å². The number of aliphatic hydroxyl groups excluding tert-OH is 1. The van der Waals surface area contributed by atoms with E-state index in [2.05, 4.69) is 4.98 Å². The molecule has 1 aromatic rings. The van der Waals surface area contributed by atoms with E-state index in [1.165, 1.54) is 0 Å². The van der Waals surface area contributed by atoms with E-state index in [1.807, 2.05) is 39.6 Å². The molecule has 1 N–H and O–H groups in total. The molecule has 0 aliphatic rings. The van der Waals surface area contributed by atoms with E-state index in [9.17, 15) is 5.11 Å². The number of oxazole rings is 1. The lowest BCUT2D eigenvalue weighted by atomic mass is 10.1. The molecule has 0 spiro atoms. The molecule has 0 saturated carbocycles. The summed E-state index contributed by atoms with van der Waals surface area (Å²) >= 11 is 0. The lowest BCUT2D eigenvalue weighted by molar-refractivity contribution is 0.0667. The summed E-state index contributed by atoms with van der Waals surface area (Å²) in [5.74, 6) is 1.56. The Kier molecular flexibility index (Phi) is 3.52. The highest BCUT2D eigenvalue weighted by Crippen LogP contribution is 2.16. The molecule has 1 rings (SSSR count). The molecule has 0 radical (unpaired) electrons. The number of hydrogen-bond donors (Lipinski definition) is 1. The Hall–Kier alpha value is -0.870. The van der Waals surface area contributed by atoms with Crippen LogP contribution in [0.3, 0.4) is 0 Å². The van der Waals surface area contributed by atoms with E-state index in [1.54, 1.807) is 0 Å². The predicted octanol–water partition coefficient (Wildman–Crippen LogP) is 1.49. The molecule has 0 atom stereocenters. The molecule has 4 nitrogen and oxygen atoms in total. The van der Waals surface area contributed by atoms with E-state index >= 15 is 0 Å². The van der Waals surface area contributed by atoms with Crippen molar-refractivity contribution in [1.29, 1.82) is 0 Å². The molecule has 0 fully saturated rings. The minimum atomic E-state index is -0.254. The first kappa shape index (κ1) is 12.2. The Labute approximate surface area is 90.9 Å². The summed E-state index contributed by atoms with van der Waals surface area (Å²) < 4.78 is 5.49. The fourth-order valence-electron chi connectivity index (χ4n) is 1.14. The van der Waals surface area contributed by atoms with Gasteiger partial charge in [-0.3, -0.25) is 4.90 Å². The van der Waals surface area contributed by atoms with Gasteiger partial charge in [-0.25, -0.2) is 4.98 Å². The van der Waals surface area contributed by atoms with Crippen molar-refractivity contribution in [1.82, 2.24) is 9.88 Å². The van der Waals surface area contributed by atoms with Crippen LogP contribution in [0.15, 0.2) is 4.42 Å². The molecule has 0 unspecified atom stereocenters. The number of hydrogen-bond acceptors (Lipinski definition) is 4. The Bertz CT molecular complexity index is 312. The van der Waals surface area contributed by atoms with Crippen molar-refractivity contribution >= 4 is 0 Å². The zero-order valence-electron chi connectivity index (χ0n) is 10.2. The first-order valence-electron chi connectivity index (χ1n) is 5.12. The van der Waals surface area contributed by atoms with Crippen LogP contribution in [0, 0.1) is 13.8 Å². The Balaban J connectivity index is 2.70. The second kappa shape index (κ2) is 4.33. The lowest BCUT2D eigenvalue weighted by Crippen LogP contribution is -2.43. The summed E-state index contributed by atoms with van der Waals surface area (Å²) in [7, 11) is 1.95. The molecule has 15 heavy (non-hydrogen) atoms. The quantitative estimate of drug-likeness (QED) is 0.821. The molecular formula is C11H20N2O2. The third-order valence-electron chi connectivity index (χ3n) is 2.87. The highest BCUT2D eigenvalue weighted by molar-refractivity contribution is 5.05. The average molecular weight is 212 g/mol. The smallest absolute Gasteiger partial charge is 0.208 e. The largest absolute Gasteiger partial charge is 0.444 e. The molecule has 1 heterocycles. The fourth-order valence-corrected chi connectivity index (χ4v) is 1.14. The molecule has 4 heteroatoms. The summed E-state index contributed by atoms with van der Waals surface area (Å²) in [5.41, 5.74) is 0.677. The summed E-state index contributed by atoms with van der Waals surface area (Å²) in [6.45, 7) is 8.53. The molecule has 0 aliphatic heterocycles. The summed E-state index contributed by atoms with van der Waals surface area (Å²) in [4.78, 5) is 6.33. The van der Waals surface area contributed by atoms with Gasteiger partial charge in [0.05, 0.1) is 18.8 Å². The lowest BCUT2D eigenvalue weighted by Gasteiger charge is -2.32. The van der Waals surface area contributed by atoms with Gasteiger partial charge in [0.2, 0.25) is 5.89 Å². The van der Waals surface area contributed by atoms with E-state index < -0.39 is 0 Å². The second-order valence-corrected chi connectivity index (χ2v) is 4.58. The van der Waals surface area contributed by atoms with E-state index in [0.717, 1.165) is 11.5 Å². The first-order valence-corrected chi connectivity index (χ1v) is 5.12. The summed E-state index contributed by atoms with van der Waals surface area (Å²) in [6.07, 6.45) is 0. The fraction of sp³-hybridized carbons (Fsp3) is 0.727. The maximum Gasteiger partial charge on any atom is 0.208 e. The van der Waals surface area contributed by atoms with Crippen molar-refractivity contribution in [2.45, 2.75) is 39.8 Å². The van der Waals surface area contributed by atoms with Gasteiger partial charge >= 0.3 is 0 Å². The van der Waals surface area contributed by atoms with Crippen molar-refractivity contribution < 1.29 is 9.52 Å². The molecule has 0 saturated heterocycles. The Morgan fingerprint density at radius 1 is 1.40 bits per heavy atom. The second-order valence-electron chi connectivity index (χ2n) is 4.58. The van der Waals surface area contributed by atoms with Gasteiger partial charge < -0.3 is 9.52 Å². The van der Waals surface area contributed by atoms with Crippen LogP contribution in [0.2, 0.25) is 0 Å². The van der Waals surface area contributed by atoms with Crippen molar-refractivity contribution in [3.8, 4) is 0 Å². The summed E-state index contributed by atoms with van der Waals surface area (Å²) in [5, 5.41) is 9.21. The van der Waals surface area contributed by atoms with Crippen molar-refractivity contribution in [3.05, 3.63) is 17.3 Å². The minimum Gasteiger partial charge on any atom is -0.444 e. The van der Waals surface area contributed by atoms with Crippen LogP contribution < -0.4 is 0 Å². The van der Waals surface area contributed by atoms with Crippen LogP contribution >= 0.6 is 0 Å². The molecule has 0 aliphatic carbocycles. The number of rotatable bonds is 4. The highest BCUT2D eigenvalue weighted by atomic mass is 16.4. The number of aromatic nitrogens is 1. The number of aliphatic hydroxyl groups is 1. The van der Waals surface area contributed by atoms with Crippen LogP contribution in [-0.2, 0) is 6.54 Å². The molecule has 0 bridgehead atoms. The summed E-state index contributed by atoms with van der Waals surface area (Å²) in [6, 6.07) is 0. The molecular weight excluding hydrogens is 192 g/mol. The molecule has 0 aromatic carbocycles. The third kappa shape index (κ3) is 2.79. The Morgan fingerprint density at radius 2 is 2.00 bits per heavy atom. The topological polar surface area (TPSA) is 49.5 Å². The van der Waals surface area contributed by atoms with Gasteiger partial charge in [-0.1, -0.05) is 0 Å². The van der Waals surface area contributed by atoms with Gasteiger partial charge in [0, 0.05) is 5.54 Å². The molecule has 0 amide bonds. The van der Waals surface area contributed by atoms with Crippen LogP contribution in [0.5, 0.6) is 0 Å². The monoisotopic (exact) mass is 212 g/mol. The van der Waals surface area contributed by atoms with Gasteiger partial charge in [-0.2, -0.15) is 0 Å². The van der Waals surface area contributed by atoms with E-state index in [0.29, 0.717) is 12.4 Å². The van der Waals surface area contributed by atoms with Crippen molar-refractivity contribution in [2.24, 2.45) is 0 Å². The van der Waals surface area contributed by atoms with Gasteiger partial charge in [-0.15, -0.1) is 0 Å². The maximum absolute atomic E-state index is 9.21. The van der Waals surface area contributed by atoms with Crippen LogP contribution in [0.4, 0.5) is 0 Å². The normalized spacial score (nSPS) is 12.5.